The number of aryl methyl sites for hydroxylation is 2. The lowest BCUT2D eigenvalue weighted by Crippen LogP contribution is -2.19. The highest BCUT2D eigenvalue weighted by atomic mass is 16.5. The van der Waals surface area contributed by atoms with Gasteiger partial charge in [0.05, 0.1) is 12.6 Å². The number of fused-ring (bicyclic) bond motifs is 1. The minimum absolute atomic E-state index is 0.0845. The van der Waals surface area contributed by atoms with E-state index in [0.717, 1.165) is 16.7 Å². The molecule has 104 valence electrons. The third-order valence-electron chi connectivity index (χ3n) is 3.41. The van der Waals surface area contributed by atoms with E-state index in [2.05, 4.69) is 35.4 Å². The number of hydrogen-bond donors (Lipinski definition) is 1. The Morgan fingerprint density at radius 1 is 1.25 bits per heavy atom. The highest BCUT2D eigenvalue weighted by Gasteiger charge is 2.16. The number of rotatable bonds is 4. The summed E-state index contributed by atoms with van der Waals surface area (Å²) < 4.78 is 10.9. The summed E-state index contributed by atoms with van der Waals surface area (Å²) in [6, 6.07) is 8.15. The molecule has 0 radical (unpaired) electrons. The van der Waals surface area contributed by atoms with Crippen LogP contribution in [0.25, 0.3) is 11.0 Å². The Kier molecular flexibility index (Phi) is 3.28. The van der Waals surface area contributed by atoms with E-state index in [4.69, 9.17) is 8.94 Å². The average Bonchev–Trinajstić information content (AvgIpc) is 3.01. The Morgan fingerprint density at radius 3 is 2.75 bits per heavy atom. The van der Waals surface area contributed by atoms with Crippen molar-refractivity contribution in [1.29, 1.82) is 0 Å². The summed E-state index contributed by atoms with van der Waals surface area (Å²) in [6.45, 7) is 6.48. The first-order valence-electron chi connectivity index (χ1n) is 6.65. The monoisotopic (exact) mass is 271 g/mol. The second kappa shape index (κ2) is 5.09. The van der Waals surface area contributed by atoms with Crippen LogP contribution in [-0.4, -0.2) is 10.1 Å². The van der Waals surface area contributed by atoms with Gasteiger partial charge in [-0.1, -0.05) is 23.4 Å². The predicted octanol–water partition coefficient (Wildman–Crippen LogP) is 3.28. The number of furan rings is 1. The smallest absolute Gasteiger partial charge is 0.223 e. The topological polar surface area (TPSA) is 64.1 Å². The maximum absolute atomic E-state index is 5.93. The molecule has 0 fully saturated rings. The normalized spacial score (nSPS) is 12.9. The fourth-order valence-electron chi connectivity index (χ4n) is 2.36. The zero-order chi connectivity index (χ0) is 14.1. The summed E-state index contributed by atoms with van der Waals surface area (Å²) in [5.41, 5.74) is 2.09. The van der Waals surface area contributed by atoms with Crippen LogP contribution in [0.15, 0.2) is 33.2 Å². The maximum Gasteiger partial charge on any atom is 0.223 e. The zero-order valence-electron chi connectivity index (χ0n) is 11.8. The second-order valence-corrected chi connectivity index (χ2v) is 4.92. The number of nitrogens with one attached hydrogen (secondary N) is 1. The largest absolute Gasteiger partial charge is 0.459 e. The van der Waals surface area contributed by atoms with Crippen molar-refractivity contribution in [3.8, 4) is 0 Å². The van der Waals surface area contributed by atoms with E-state index in [1.165, 1.54) is 5.56 Å². The first-order valence-corrected chi connectivity index (χ1v) is 6.65. The van der Waals surface area contributed by atoms with E-state index in [9.17, 15) is 0 Å². The van der Waals surface area contributed by atoms with Crippen molar-refractivity contribution in [2.45, 2.75) is 33.4 Å². The van der Waals surface area contributed by atoms with E-state index in [0.29, 0.717) is 18.3 Å². The molecule has 0 aliphatic carbocycles. The third-order valence-corrected chi connectivity index (χ3v) is 3.41. The van der Waals surface area contributed by atoms with Crippen molar-refractivity contribution in [3.05, 3.63) is 47.3 Å². The van der Waals surface area contributed by atoms with Crippen LogP contribution in [0.2, 0.25) is 0 Å². The van der Waals surface area contributed by atoms with Gasteiger partial charge in [-0.2, -0.15) is 4.98 Å². The molecule has 3 aromatic rings. The highest BCUT2D eigenvalue weighted by molar-refractivity contribution is 5.82. The minimum atomic E-state index is 0.0845. The Hall–Kier alpha value is -2.14. The van der Waals surface area contributed by atoms with Gasteiger partial charge in [0.25, 0.3) is 0 Å². The van der Waals surface area contributed by atoms with Gasteiger partial charge in [-0.25, -0.2) is 0 Å². The molecule has 0 bridgehead atoms. The quantitative estimate of drug-likeness (QED) is 0.788. The first-order chi connectivity index (χ1) is 9.65. The van der Waals surface area contributed by atoms with E-state index in [1.807, 2.05) is 18.2 Å². The van der Waals surface area contributed by atoms with Gasteiger partial charge in [-0.05, 0) is 25.5 Å². The van der Waals surface area contributed by atoms with E-state index < -0.39 is 0 Å². The Labute approximate surface area is 117 Å². The molecule has 0 aliphatic heterocycles. The molecule has 0 saturated heterocycles. The van der Waals surface area contributed by atoms with Gasteiger partial charge < -0.3 is 14.3 Å². The van der Waals surface area contributed by atoms with E-state index >= 15 is 0 Å². The molecule has 2 aromatic heterocycles. The van der Waals surface area contributed by atoms with Gasteiger partial charge in [0.15, 0.2) is 5.82 Å². The molecule has 20 heavy (non-hydrogen) atoms. The van der Waals surface area contributed by atoms with Crippen LogP contribution in [0.5, 0.6) is 0 Å². The van der Waals surface area contributed by atoms with Crippen LogP contribution in [-0.2, 0) is 6.54 Å². The molecular formula is C15H17N3O2. The Morgan fingerprint density at radius 2 is 2.05 bits per heavy atom. The molecule has 0 amide bonds. The standard InChI is InChI=1S/C15H17N3O2/c1-9-12-6-4-5-7-13(12)19-15(9)10(2)16-8-14-17-11(3)20-18-14/h4-7,10,16H,8H2,1-3H3. The van der Waals surface area contributed by atoms with Gasteiger partial charge in [-0.15, -0.1) is 0 Å². The number of para-hydroxylation sites is 1. The third kappa shape index (κ3) is 2.32. The van der Waals surface area contributed by atoms with E-state index in [1.54, 1.807) is 6.92 Å². The summed E-state index contributed by atoms with van der Waals surface area (Å²) >= 11 is 0. The molecule has 1 unspecified atom stereocenters. The van der Waals surface area contributed by atoms with Crippen molar-refractivity contribution >= 4 is 11.0 Å². The molecule has 3 rings (SSSR count). The molecule has 1 atom stereocenters. The summed E-state index contributed by atoms with van der Waals surface area (Å²) in [5, 5.41) is 8.38. The van der Waals surface area contributed by atoms with Gasteiger partial charge in [0, 0.05) is 12.3 Å². The SMILES string of the molecule is Cc1nc(CNC(C)c2oc3ccccc3c2C)no1. The van der Waals surface area contributed by atoms with Crippen LogP contribution in [0.3, 0.4) is 0 Å². The van der Waals surface area contributed by atoms with E-state index in [-0.39, 0.29) is 6.04 Å². The lowest BCUT2D eigenvalue weighted by atomic mass is 10.1. The minimum Gasteiger partial charge on any atom is -0.459 e. The van der Waals surface area contributed by atoms with Crippen LogP contribution >= 0.6 is 0 Å². The van der Waals surface area contributed by atoms with Crippen molar-refractivity contribution in [1.82, 2.24) is 15.5 Å². The average molecular weight is 271 g/mol. The first kappa shape index (κ1) is 12.9. The summed E-state index contributed by atoms with van der Waals surface area (Å²) in [6.07, 6.45) is 0. The molecule has 0 aliphatic rings. The number of nitrogens with zero attached hydrogens (tertiary/aromatic N) is 2. The Balaban J connectivity index is 1.78. The Bertz CT molecular complexity index is 730. The lowest BCUT2D eigenvalue weighted by Gasteiger charge is -2.10. The second-order valence-electron chi connectivity index (χ2n) is 4.92. The van der Waals surface area contributed by atoms with Crippen LogP contribution < -0.4 is 5.32 Å². The summed E-state index contributed by atoms with van der Waals surface area (Å²) in [7, 11) is 0. The fourth-order valence-corrected chi connectivity index (χ4v) is 2.36. The molecule has 0 spiro atoms. The molecule has 1 N–H and O–H groups in total. The summed E-state index contributed by atoms with van der Waals surface area (Å²) in [5.74, 6) is 2.18. The van der Waals surface area contributed by atoms with Crippen LogP contribution in [0.1, 0.15) is 36.0 Å². The number of aromatic nitrogens is 2. The molecule has 2 heterocycles. The molecule has 5 nitrogen and oxygen atoms in total. The predicted molar refractivity (Wildman–Crippen MR) is 75.2 cm³/mol. The molecular weight excluding hydrogens is 254 g/mol. The fraction of sp³-hybridized carbons (Fsp3) is 0.333. The molecule has 0 saturated carbocycles. The number of hydrogen-bond acceptors (Lipinski definition) is 5. The number of benzene rings is 1. The lowest BCUT2D eigenvalue weighted by molar-refractivity contribution is 0.381. The highest BCUT2D eigenvalue weighted by Crippen LogP contribution is 2.29. The van der Waals surface area contributed by atoms with Gasteiger partial charge in [0.1, 0.15) is 11.3 Å². The van der Waals surface area contributed by atoms with Crippen molar-refractivity contribution < 1.29 is 8.94 Å². The van der Waals surface area contributed by atoms with Crippen molar-refractivity contribution in [2.75, 3.05) is 0 Å². The van der Waals surface area contributed by atoms with Crippen LogP contribution in [0.4, 0.5) is 0 Å². The van der Waals surface area contributed by atoms with Crippen LogP contribution in [0, 0.1) is 13.8 Å². The van der Waals surface area contributed by atoms with Crippen molar-refractivity contribution in [3.63, 3.8) is 0 Å². The zero-order valence-corrected chi connectivity index (χ0v) is 11.8. The molecule has 5 heteroatoms. The summed E-state index contributed by atoms with van der Waals surface area (Å²) in [4.78, 5) is 4.17. The van der Waals surface area contributed by atoms with Gasteiger partial charge >= 0.3 is 0 Å². The van der Waals surface area contributed by atoms with Gasteiger partial charge in [0.2, 0.25) is 5.89 Å². The molecule has 1 aromatic carbocycles. The van der Waals surface area contributed by atoms with Gasteiger partial charge in [-0.3, -0.25) is 0 Å². The maximum atomic E-state index is 5.93. The van der Waals surface area contributed by atoms with Crippen molar-refractivity contribution in [2.24, 2.45) is 0 Å².